The van der Waals surface area contributed by atoms with Crippen LogP contribution in [0, 0.1) is 0 Å². The van der Waals surface area contributed by atoms with Crippen molar-refractivity contribution in [2.75, 3.05) is 43.6 Å². The second-order valence-corrected chi connectivity index (χ2v) is 7.12. The number of carbonyl (C=O) groups excluding carboxylic acids is 2. The maximum Gasteiger partial charge on any atom is 0.340 e. The minimum absolute atomic E-state index is 0.277. The molecule has 2 aromatic carbocycles. The third-order valence-corrected chi connectivity index (χ3v) is 5.14. The minimum atomic E-state index is -0.857. The van der Waals surface area contributed by atoms with E-state index in [1.54, 1.807) is 31.2 Å². The molecule has 8 heteroatoms. The number of ether oxygens (including phenoxy) is 4. The number of para-hydroxylation sites is 2. The Hall–Kier alpha value is -3.26. The Labute approximate surface area is 174 Å². The molecule has 0 aromatic heterocycles. The quantitative estimate of drug-likeness (QED) is 0.772. The Bertz CT molecular complexity index is 941. The number of rotatable bonds is 4. The standard InChI is InChI=1S/C22H24N2O6/c1-14-20(30-19-6-4-3-5-18(19)29-14)21(25)23-17-8-7-15(13-16(17)22(26)27-2)24-9-11-28-12-10-24/h3-8,13-14,20H,9-12H2,1-2H3,(H,23,25)/t14-,20+/m1/s1. The number of nitrogens with zero attached hydrogens (tertiary/aromatic N) is 1. The molecule has 1 saturated heterocycles. The van der Waals surface area contributed by atoms with Gasteiger partial charge >= 0.3 is 5.97 Å². The van der Waals surface area contributed by atoms with Gasteiger partial charge in [-0.2, -0.15) is 0 Å². The van der Waals surface area contributed by atoms with Crippen molar-refractivity contribution in [2.24, 2.45) is 0 Å². The van der Waals surface area contributed by atoms with Crippen LogP contribution in [0.5, 0.6) is 11.5 Å². The van der Waals surface area contributed by atoms with Crippen LogP contribution in [-0.4, -0.2) is 57.5 Å². The van der Waals surface area contributed by atoms with Gasteiger partial charge in [-0.1, -0.05) is 12.1 Å². The molecule has 2 aliphatic rings. The molecule has 1 fully saturated rings. The summed E-state index contributed by atoms with van der Waals surface area (Å²) in [6.07, 6.45) is -1.35. The van der Waals surface area contributed by atoms with E-state index in [4.69, 9.17) is 18.9 Å². The van der Waals surface area contributed by atoms with Crippen LogP contribution in [0.2, 0.25) is 0 Å². The second kappa shape index (κ2) is 8.62. The van der Waals surface area contributed by atoms with Crippen LogP contribution in [-0.2, 0) is 14.3 Å². The molecule has 158 valence electrons. The van der Waals surface area contributed by atoms with Gasteiger partial charge in [0.15, 0.2) is 11.5 Å². The summed E-state index contributed by atoms with van der Waals surface area (Å²) in [4.78, 5) is 27.4. The highest BCUT2D eigenvalue weighted by Gasteiger charge is 2.34. The maximum absolute atomic E-state index is 12.9. The normalized spacial score (nSPS) is 20.4. The molecule has 0 aliphatic carbocycles. The van der Waals surface area contributed by atoms with E-state index in [2.05, 4.69) is 10.2 Å². The molecule has 2 aromatic rings. The van der Waals surface area contributed by atoms with Crippen LogP contribution < -0.4 is 19.7 Å². The maximum atomic E-state index is 12.9. The van der Waals surface area contributed by atoms with Crippen molar-refractivity contribution < 1.29 is 28.5 Å². The average molecular weight is 412 g/mol. The molecule has 1 amide bonds. The van der Waals surface area contributed by atoms with Crippen molar-refractivity contribution in [1.29, 1.82) is 0 Å². The van der Waals surface area contributed by atoms with Gasteiger partial charge in [0.1, 0.15) is 6.10 Å². The summed E-state index contributed by atoms with van der Waals surface area (Å²) in [5, 5.41) is 2.80. The van der Waals surface area contributed by atoms with Gasteiger partial charge in [-0.25, -0.2) is 4.79 Å². The van der Waals surface area contributed by atoms with Gasteiger partial charge in [0, 0.05) is 18.8 Å². The van der Waals surface area contributed by atoms with Gasteiger partial charge in [0.2, 0.25) is 6.10 Å². The molecule has 30 heavy (non-hydrogen) atoms. The van der Waals surface area contributed by atoms with E-state index in [-0.39, 0.29) is 5.56 Å². The molecular formula is C22H24N2O6. The molecule has 0 unspecified atom stereocenters. The third kappa shape index (κ3) is 4.04. The molecule has 8 nitrogen and oxygen atoms in total. The van der Waals surface area contributed by atoms with E-state index in [1.165, 1.54) is 7.11 Å². The zero-order valence-corrected chi connectivity index (χ0v) is 16.9. The van der Waals surface area contributed by atoms with E-state index < -0.39 is 24.1 Å². The number of hydrogen-bond acceptors (Lipinski definition) is 7. The van der Waals surface area contributed by atoms with Crippen LogP contribution in [0.3, 0.4) is 0 Å². The highest BCUT2D eigenvalue weighted by Crippen LogP contribution is 2.34. The smallest absolute Gasteiger partial charge is 0.340 e. The lowest BCUT2D eigenvalue weighted by Crippen LogP contribution is -2.46. The van der Waals surface area contributed by atoms with Crippen molar-refractivity contribution >= 4 is 23.3 Å². The lowest BCUT2D eigenvalue weighted by molar-refractivity contribution is -0.128. The molecule has 2 heterocycles. The molecule has 1 N–H and O–H groups in total. The number of methoxy groups -OCH3 is 1. The number of fused-ring (bicyclic) bond motifs is 1. The first kappa shape index (κ1) is 20.0. The van der Waals surface area contributed by atoms with E-state index in [0.29, 0.717) is 30.4 Å². The predicted octanol–water partition coefficient (Wildman–Crippen LogP) is 2.48. The number of amides is 1. The highest BCUT2D eigenvalue weighted by molar-refractivity contribution is 6.03. The van der Waals surface area contributed by atoms with Gasteiger partial charge < -0.3 is 29.2 Å². The Kier molecular flexibility index (Phi) is 5.76. The van der Waals surface area contributed by atoms with Crippen LogP contribution in [0.25, 0.3) is 0 Å². The van der Waals surface area contributed by atoms with Crippen molar-refractivity contribution in [3.8, 4) is 11.5 Å². The van der Waals surface area contributed by atoms with E-state index in [1.807, 2.05) is 18.2 Å². The zero-order chi connectivity index (χ0) is 21.1. The Balaban J connectivity index is 1.56. The number of anilines is 2. The van der Waals surface area contributed by atoms with Gasteiger partial charge in [-0.15, -0.1) is 0 Å². The summed E-state index contributed by atoms with van der Waals surface area (Å²) in [5.41, 5.74) is 1.51. The summed E-state index contributed by atoms with van der Waals surface area (Å²) in [6.45, 7) is 4.49. The van der Waals surface area contributed by atoms with Gasteiger partial charge in [0.05, 0.1) is 31.6 Å². The van der Waals surface area contributed by atoms with Crippen molar-refractivity contribution in [2.45, 2.75) is 19.1 Å². The predicted molar refractivity (Wildman–Crippen MR) is 110 cm³/mol. The second-order valence-electron chi connectivity index (χ2n) is 7.12. The molecule has 4 rings (SSSR count). The molecule has 2 aliphatic heterocycles. The Morgan fingerprint density at radius 1 is 1.07 bits per heavy atom. The highest BCUT2D eigenvalue weighted by atomic mass is 16.6. The summed E-state index contributed by atoms with van der Waals surface area (Å²) in [7, 11) is 1.31. The lowest BCUT2D eigenvalue weighted by atomic mass is 10.1. The molecule has 0 radical (unpaired) electrons. The van der Waals surface area contributed by atoms with Crippen LogP contribution >= 0.6 is 0 Å². The SMILES string of the molecule is COC(=O)c1cc(N2CCOCC2)ccc1NC(=O)[C@H]1Oc2ccccc2O[C@@H]1C. The molecule has 2 atom stereocenters. The number of morpholine rings is 1. The summed E-state index contributed by atoms with van der Waals surface area (Å²) in [5.74, 6) is 0.173. The lowest BCUT2D eigenvalue weighted by Gasteiger charge is -2.31. The fourth-order valence-electron chi connectivity index (χ4n) is 3.55. The van der Waals surface area contributed by atoms with E-state index >= 15 is 0 Å². The number of nitrogens with one attached hydrogen (secondary N) is 1. The fraction of sp³-hybridized carbons (Fsp3) is 0.364. The van der Waals surface area contributed by atoms with Crippen LogP contribution in [0.4, 0.5) is 11.4 Å². The average Bonchev–Trinajstić information content (AvgIpc) is 2.78. The van der Waals surface area contributed by atoms with E-state index in [9.17, 15) is 9.59 Å². The largest absolute Gasteiger partial charge is 0.482 e. The number of carbonyl (C=O) groups is 2. The Morgan fingerprint density at radius 2 is 1.77 bits per heavy atom. The number of hydrogen-bond donors (Lipinski definition) is 1. The van der Waals surface area contributed by atoms with Gasteiger partial charge in [-0.3, -0.25) is 4.79 Å². The summed E-state index contributed by atoms with van der Waals surface area (Å²) in [6, 6.07) is 12.5. The van der Waals surface area contributed by atoms with Crippen molar-refractivity contribution in [3.05, 3.63) is 48.0 Å². The zero-order valence-electron chi connectivity index (χ0n) is 16.9. The third-order valence-electron chi connectivity index (χ3n) is 5.14. The summed E-state index contributed by atoms with van der Waals surface area (Å²) < 4.78 is 22.0. The first-order chi connectivity index (χ1) is 14.6. The van der Waals surface area contributed by atoms with Crippen molar-refractivity contribution in [1.82, 2.24) is 0 Å². The topological polar surface area (TPSA) is 86.3 Å². The van der Waals surface area contributed by atoms with Crippen molar-refractivity contribution in [3.63, 3.8) is 0 Å². The summed E-state index contributed by atoms with van der Waals surface area (Å²) >= 11 is 0. The first-order valence-corrected chi connectivity index (χ1v) is 9.85. The first-order valence-electron chi connectivity index (χ1n) is 9.85. The number of esters is 1. The van der Waals surface area contributed by atoms with Crippen LogP contribution in [0.1, 0.15) is 17.3 Å². The fourth-order valence-corrected chi connectivity index (χ4v) is 3.55. The molecular weight excluding hydrogens is 388 g/mol. The molecule has 0 saturated carbocycles. The van der Waals surface area contributed by atoms with Gasteiger partial charge in [0.25, 0.3) is 5.91 Å². The molecule has 0 bridgehead atoms. The number of benzene rings is 2. The minimum Gasteiger partial charge on any atom is -0.482 e. The van der Waals surface area contributed by atoms with Gasteiger partial charge in [-0.05, 0) is 37.3 Å². The Morgan fingerprint density at radius 3 is 2.47 bits per heavy atom. The monoisotopic (exact) mass is 412 g/mol. The van der Waals surface area contributed by atoms with Crippen LogP contribution in [0.15, 0.2) is 42.5 Å². The van der Waals surface area contributed by atoms with E-state index in [0.717, 1.165) is 18.8 Å². The molecule has 0 spiro atoms.